The number of carbonyl (C=O) groups excluding carboxylic acids is 1. The van der Waals surface area contributed by atoms with E-state index in [0.717, 1.165) is 18.8 Å². The summed E-state index contributed by atoms with van der Waals surface area (Å²) in [6.45, 7) is 6.57. The third kappa shape index (κ3) is 11.0. The molecular formula is C17H34O2. The van der Waals surface area contributed by atoms with Crippen LogP contribution in [0, 0.1) is 11.8 Å². The van der Waals surface area contributed by atoms with Crippen molar-refractivity contribution < 1.29 is 9.53 Å². The van der Waals surface area contributed by atoms with Gasteiger partial charge >= 0.3 is 5.97 Å². The molecule has 0 rings (SSSR count). The van der Waals surface area contributed by atoms with Crippen LogP contribution in [-0.4, -0.2) is 13.1 Å². The van der Waals surface area contributed by atoms with Crippen LogP contribution in [0.5, 0.6) is 0 Å². The van der Waals surface area contributed by atoms with E-state index in [9.17, 15) is 4.79 Å². The largest absolute Gasteiger partial charge is 0.469 e. The van der Waals surface area contributed by atoms with Crippen LogP contribution in [0.25, 0.3) is 0 Å². The Balaban J connectivity index is 3.39. The van der Waals surface area contributed by atoms with Crippen molar-refractivity contribution in [3.8, 4) is 0 Å². The fourth-order valence-corrected chi connectivity index (χ4v) is 2.51. The molecule has 114 valence electrons. The number of ether oxygens (including phenoxy) is 1. The molecule has 0 fully saturated rings. The number of hydrogen-bond donors (Lipinski definition) is 0. The number of esters is 1. The highest BCUT2D eigenvalue weighted by Crippen LogP contribution is 2.19. The molecule has 0 aromatic rings. The summed E-state index contributed by atoms with van der Waals surface area (Å²) in [6.07, 6.45) is 13.0. The van der Waals surface area contributed by atoms with Gasteiger partial charge in [0.25, 0.3) is 0 Å². The monoisotopic (exact) mass is 270 g/mol. The van der Waals surface area contributed by atoms with Gasteiger partial charge in [0.1, 0.15) is 0 Å². The average molecular weight is 270 g/mol. The third-order valence-electron chi connectivity index (χ3n) is 3.99. The van der Waals surface area contributed by atoms with Gasteiger partial charge in [0.15, 0.2) is 0 Å². The molecule has 0 aromatic heterocycles. The number of carbonyl (C=O) groups is 1. The number of rotatable bonds is 12. The maximum absolute atomic E-state index is 11.3. The standard InChI is InChI=1S/C17H34O2/c1-5-6-7-8-9-10-12-15(2)13-11-14-16(3)17(18)19-4/h15-16H,5-14H2,1-4H3/t15-,16+/m0/s1. The molecule has 0 heterocycles. The van der Waals surface area contributed by atoms with Crippen LogP contribution in [0.1, 0.15) is 85.0 Å². The Hall–Kier alpha value is -0.530. The van der Waals surface area contributed by atoms with Gasteiger partial charge in [-0.05, 0) is 12.3 Å². The Labute approximate surface area is 120 Å². The van der Waals surface area contributed by atoms with E-state index in [1.807, 2.05) is 6.92 Å². The second kappa shape index (κ2) is 12.5. The normalized spacial score (nSPS) is 14.1. The van der Waals surface area contributed by atoms with Crippen molar-refractivity contribution in [1.82, 2.24) is 0 Å². The lowest BCUT2D eigenvalue weighted by molar-refractivity contribution is -0.145. The van der Waals surface area contributed by atoms with E-state index in [1.165, 1.54) is 58.5 Å². The number of hydrogen-bond acceptors (Lipinski definition) is 2. The minimum Gasteiger partial charge on any atom is -0.469 e. The molecule has 0 aromatic carbocycles. The lowest BCUT2D eigenvalue weighted by atomic mass is 9.94. The summed E-state index contributed by atoms with van der Waals surface area (Å²) in [5.41, 5.74) is 0. The average Bonchev–Trinajstić information content (AvgIpc) is 2.41. The molecule has 0 amide bonds. The highest BCUT2D eigenvalue weighted by Gasteiger charge is 2.13. The minimum absolute atomic E-state index is 0.0613. The van der Waals surface area contributed by atoms with Crippen molar-refractivity contribution in [2.75, 3.05) is 7.11 Å². The lowest BCUT2D eigenvalue weighted by Gasteiger charge is -2.13. The molecule has 0 aliphatic heterocycles. The fraction of sp³-hybridized carbons (Fsp3) is 0.941. The van der Waals surface area contributed by atoms with E-state index in [0.29, 0.717) is 0 Å². The first kappa shape index (κ1) is 18.5. The smallest absolute Gasteiger partial charge is 0.308 e. The highest BCUT2D eigenvalue weighted by atomic mass is 16.5. The second-order valence-corrected chi connectivity index (χ2v) is 6.02. The van der Waals surface area contributed by atoms with Crippen LogP contribution >= 0.6 is 0 Å². The first-order valence-electron chi connectivity index (χ1n) is 8.19. The molecule has 0 saturated carbocycles. The van der Waals surface area contributed by atoms with Crippen molar-refractivity contribution in [2.24, 2.45) is 11.8 Å². The van der Waals surface area contributed by atoms with Crippen molar-refractivity contribution in [3.05, 3.63) is 0 Å². The van der Waals surface area contributed by atoms with Gasteiger partial charge in [-0.15, -0.1) is 0 Å². The summed E-state index contributed by atoms with van der Waals surface area (Å²) >= 11 is 0. The Morgan fingerprint density at radius 2 is 1.47 bits per heavy atom. The molecule has 0 N–H and O–H groups in total. The zero-order valence-corrected chi connectivity index (χ0v) is 13.5. The summed E-state index contributed by atoms with van der Waals surface area (Å²) in [5, 5.41) is 0. The van der Waals surface area contributed by atoms with Crippen molar-refractivity contribution >= 4 is 5.97 Å². The van der Waals surface area contributed by atoms with Gasteiger partial charge < -0.3 is 4.74 Å². The van der Waals surface area contributed by atoms with E-state index < -0.39 is 0 Å². The summed E-state index contributed by atoms with van der Waals surface area (Å²) in [5.74, 6) is 0.797. The SMILES string of the molecule is CCCCCCCC[C@H](C)CCC[C@@H](C)C(=O)OC. The van der Waals surface area contributed by atoms with E-state index in [2.05, 4.69) is 13.8 Å². The molecule has 0 spiro atoms. The van der Waals surface area contributed by atoms with Crippen LogP contribution in [0.15, 0.2) is 0 Å². The van der Waals surface area contributed by atoms with E-state index in [4.69, 9.17) is 4.74 Å². The van der Waals surface area contributed by atoms with Gasteiger partial charge in [-0.1, -0.05) is 78.6 Å². The summed E-state index contributed by atoms with van der Waals surface area (Å²) < 4.78 is 4.74. The predicted octanol–water partition coefficient (Wildman–Crippen LogP) is 5.35. The van der Waals surface area contributed by atoms with Crippen LogP contribution in [-0.2, 0) is 9.53 Å². The van der Waals surface area contributed by atoms with Crippen molar-refractivity contribution in [1.29, 1.82) is 0 Å². The molecule has 2 heteroatoms. The molecule has 0 aliphatic rings. The fourth-order valence-electron chi connectivity index (χ4n) is 2.51. The molecule has 2 nitrogen and oxygen atoms in total. The van der Waals surface area contributed by atoms with Crippen LogP contribution in [0.4, 0.5) is 0 Å². The second-order valence-electron chi connectivity index (χ2n) is 6.02. The molecule has 19 heavy (non-hydrogen) atoms. The lowest BCUT2D eigenvalue weighted by Crippen LogP contribution is -2.12. The van der Waals surface area contributed by atoms with Crippen molar-refractivity contribution in [2.45, 2.75) is 85.0 Å². The maximum atomic E-state index is 11.3. The van der Waals surface area contributed by atoms with Crippen LogP contribution < -0.4 is 0 Å². The van der Waals surface area contributed by atoms with Gasteiger partial charge in [-0.3, -0.25) is 4.79 Å². The van der Waals surface area contributed by atoms with Crippen LogP contribution in [0.3, 0.4) is 0 Å². The Morgan fingerprint density at radius 3 is 2.11 bits per heavy atom. The summed E-state index contributed by atoms with van der Waals surface area (Å²) in [6, 6.07) is 0. The van der Waals surface area contributed by atoms with Crippen LogP contribution in [0.2, 0.25) is 0 Å². The first-order chi connectivity index (χ1) is 9.11. The molecule has 2 atom stereocenters. The molecule has 0 unspecified atom stereocenters. The van der Waals surface area contributed by atoms with Gasteiger partial charge in [-0.25, -0.2) is 0 Å². The quantitative estimate of drug-likeness (QED) is 0.353. The van der Waals surface area contributed by atoms with Gasteiger partial charge in [0.2, 0.25) is 0 Å². The minimum atomic E-state index is -0.0661. The molecule has 0 radical (unpaired) electrons. The zero-order chi connectivity index (χ0) is 14.5. The molecule has 0 saturated heterocycles. The van der Waals surface area contributed by atoms with E-state index in [1.54, 1.807) is 0 Å². The zero-order valence-electron chi connectivity index (χ0n) is 13.5. The van der Waals surface area contributed by atoms with E-state index in [-0.39, 0.29) is 11.9 Å². The maximum Gasteiger partial charge on any atom is 0.308 e. The molecular weight excluding hydrogens is 236 g/mol. The Morgan fingerprint density at radius 1 is 0.895 bits per heavy atom. The molecule has 0 aliphatic carbocycles. The van der Waals surface area contributed by atoms with Gasteiger partial charge in [-0.2, -0.15) is 0 Å². The summed E-state index contributed by atoms with van der Waals surface area (Å²) in [4.78, 5) is 11.3. The first-order valence-corrected chi connectivity index (χ1v) is 8.19. The number of unbranched alkanes of at least 4 members (excludes halogenated alkanes) is 5. The van der Waals surface area contributed by atoms with E-state index >= 15 is 0 Å². The highest BCUT2D eigenvalue weighted by molar-refractivity contribution is 5.71. The topological polar surface area (TPSA) is 26.3 Å². The van der Waals surface area contributed by atoms with Crippen molar-refractivity contribution in [3.63, 3.8) is 0 Å². The van der Waals surface area contributed by atoms with Gasteiger partial charge in [0, 0.05) is 0 Å². The summed E-state index contributed by atoms with van der Waals surface area (Å²) in [7, 11) is 1.47. The Kier molecular flexibility index (Phi) is 12.2. The number of methoxy groups -OCH3 is 1. The third-order valence-corrected chi connectivity index (χ3v) is 3.99. The Bertz CT molecular complexity index is 213. The molecule has 0 bridgehead atoms. The predicted molar refractivity (Wildman–Crippen MR) is 82.2 cm³/mol. The van der Waals surface area contributed by atoms with Gasteiger partial charge in [0.05, 0.1) is 13.0 Å².